The predicted molar refractivity (Wildman–Crippen MR) is 36.1 cm³/mol. The average molecular weight is 141 g/mol. The van der Waals surface area contributed by atoms with Crippen LogP contribution >= 0.6 is 11.8 Å². The van der Waals surface area contributed by atoms with E-state index in [4.69, 9.17) is 5.26 Å². The minimum atomic E-state index is -0.350. The van der Waals surface area contributed by atoms with Gasteiger partial charge >= 0.3 is 0 Å². The quantitative estimate of drug-likeness (QED) is 0.546. The lowest BCUT2D eigenvalue weighted by Gasteiger charge is -2.31. The Balaban J connectivity index is 2.58. The van der Waals surface area contributed by atoms with Crippen molar-refractivity contribution in [1.82, 2.24) is 0 Å². The molecule has 0 aromatic heterocycles. The Labute approximate surface area is 58.2 Å². The number of carbonyl (C=O) groups is 1. The van der Waals surface area contributed by atoms with Gasteiger partial charge in [-0.1, -0.05) is 0 Å². The lowest BCUT2D eigenvalue weighted by molar-refractivity contribution is -0.124. The number of hydrogen-bond acceptors (Lipinski definition) is 3. The molecule has 0 heterocycles. The van der Waals surface area contributed by atoms with Gasteiger partial charge in [-0.25, -0.2) is 0 Å². The van der Waals surface area contributed by atoms with E-state index in [1.165, 1.54) is 11.8 Å². The first-order chi connectivity index (χ1) is 4.22. The molecule has 0 saturated heterocycles. The summed E-state index contributed by atoms with van der Waals surface area (Å²) in [6, 6.07) is 2.14. The van der Waals surface area contributed by atoms with Gasteiger partial charge in [-0.3, -0.25) is 4.79 Å². The molecule has 0 aliphatic heterocycles. The number of rotatable bonds is 1. The van der Waals surface area contributed by atoms with Gasteiger partial charge in [-0.15, -0.1) is 11.8 Å². The van der Waals surface area contributed by atoms with Gasteiger partial charge in [0.1, 0.15) is 10.5 Å². The third kappa shape index (κ3) is 0.948. The lowest BCUT2D eigenvalue weighted by atomic mass is 9.84. The Kier molecular flexibility index (Phi) is 1.50. The molecule has 1 aliphatic rings. The van der Waals surface area contributed by atoms with Crippen molar-refractivity contribution < 1.29 is 4.79 Å². The molecule has 1 saturated carbocycles. The number of Topliss-reactive ketones (excluding diaryl/α,β-unsaturated/α-hetero) is 1. The smallest absolute Gasteiger partial charge is 0.137 e. The van der Waals surface area contributed by atoms with Crippen LogP contribution in [0.5, 0.6) is 0 Å². The van der Waals surface area contributed by atoms with Gasteiger partial charge in [-0.05, 0) is 6.26 Å². The molecule has 0 aromatic carbocycles. The van der Waals surface area contributed by atoms with E-state index in [9.17, 15) is 4.79 Å². The maximum atomic E-state index is 10.5. The zero-order valence-corrected chi connectivity index (χ0v) is 5.99. The molecule has 3 heteroatoms. The molecule has 0 amide bonds. The van der Waals surface area contributed by atoms with Crippen molar-refractivity contribution in [2.45, 2.75) is 17.6 Å². The zero-order chi connectivity index (χ0) is 6.91. The fourth-order valence-electron chi connectivity index (χ4n) is 0.854. The largest absolute Gasteiger partial charge is 0.300 e. The summed E-state index contributed by atoms with van der Waals surface area (Å²) < 4.78 is -0.350. The lowest BCUT2D eigenvalue weighted by Crippen LogP contribution is -2.39. The summed E-state index contributed by atoms with van der Waals surface area (Å²) in [6.07, 6.45) is 2.77. The molecule has 0 radical (unpaired) electrons. The van der Waals surface area contributed by atoms with Crippen molar-refractivity contribution in [2.24, 2.45) is 0 Å². The highest BCUT2D eigenvalue weighted by atomic mass is 32.2. The number of ketones is 1. The Morgan fingerprint density at radius 1 is 1.78 bits per heavy atom. The normalized spacial score (nSPS) is 22.4. The highest BCUT2D eigenvalue weighted by Crippen LogP contribution is 2.39. The summed E-state index contributed by atoms with van der Waals surface area (Å²) in [4.78, 5) is 10.5. The van der Waals surface area contributed by atoms with Crippen LogP contribution < -0.4 is 0 Å². The SMILES string of the molecule is CSC1(C#N)CC(=O)C1. The number of thioether (sulfide) groups is 1. The molecule has 0 bridgehead atoms. The monoisotopic (exact) mass is 141 g/mol. The van der Waals surface area contributed by atoms with E-state index in [1.54, 1.807) is 0 Å². The van der Waals surface area contributed by atoms with Crippen LogP contribution in [0, 0.1) is 11.3 Å². The fraction of sp³-hybridized carbons (Fsp3) is 0.667. The van der Waals surface area contributed by atoms with Crippen molar-refractivity contribution in [3.05, 3.63) is 0 Å². The van der Waals surface area contributed by atoms with Gasteiger partial charge in [0.05, 0.1) is 6.07 Å². The van der Waals surface area contributed by atoms with Crippen LogP contribution in [0.3, 0.4) is 0 Å². The number of nitrogens with zero attached hydrogens (tertiary/aromatic N) is 1. The zero-order valence-electron chi connectivity index (χ0n) is 5.18. The van der Waals surface area contributed by atoms with Gasteiger partial charge < -0.3 is 0 Å². The van der Waals surface area contributed by atoms with Gasteiger partial charge in [-0.2, -0.15) is 5.26 Å². The Morgan fingerprint density at radius 3 is 2.44 bits per heavy atom. The van der Waals surface area contributed by atoms with Crippen molar-refractivity contribution >= 4 is 17.5 Å². The van der Waals surface area contributed by atoms with Crippen LogP contribution in [0.2, 0.25) is 0 Å². The highest BCUT2D eigenvalue weighted by molar-refractivity contribution is 8.00. The van der Waals surface area contributed by atoms with Crippen LogP contribution in [-0.4, -0.2) is 16.8 Å². The summed E-state index contributed by atoms with van der Waals surface area (Å²) >= 11 is 1.48. The predicted octanol–water partition coefficient (Wildman–Crippen LogP) is 0.975. The first kappa shape index (κ1) is 6.63. The number of carbonyl (C=O) groups excluding carboxylic acids is 1. The van der Waals surface area contributed by atoms with E-state index in [2.05, 4.69) is 6.07 Å². The minimum Gasteiger partial charge on any atom is -0.300 e. The van der Waals surface area contributed by atoms with E-state index in [0.717, 1.165) is 0 Å². The maximum Gasteiger partial charge on any atom is 0.137 e. The molecular weight excluding hydrogens is 134 g/mol. The average Bonchev–Trinajstić information content (AvgIpc) is 1.81. The molecule has 0 atom stereocenters. The molecule has 0 N–H and O–H groups in total. The molecule has 2 nitrogen and oxygen atoms in total. The Hall–Kier alpha value is -0.490. The van der Waals surface area contributed by atoms with Crippen LogP contribution in [0.25, 0.3) is 0 Å². The second-order valence-corrected chi connectivity index (χ2v) is 3.39. The Morgan fingerprint density at radius 2 is 2.33 bits per heavy atom. The molecule has 1 fully saturated rings. The first-order valence-corrected chi connectivity index (χ1v) is 3.93. The standard InChI is InChI=1S/C6H7NOS/c1-9-6(4-7)2-5(8)3-6/h2-3H2,1H3. The van der Waals surface area contributed by atoms with Gasteiger partial charge in [0.2, 0.25) is 0 Å². The third-order valence-electron chi connectivity index (χ3n) is 1.56. The minimum absolute atomic E-state index is 0.214. The van der Waals surface area contributed by atoms with E-state index in [0.29, 0.717) is 12.8 Å². The van der Waals surface area contributed by atoms with E-state index < -0.39 is 0 Å². The van der Waals surface area contributed by atoms with Crippen molar-refractivity contribution in [2.75, 3.05) is 6.26 Å². The summed E-state index contributed by atoms with van der Waals surface area (Å²) in [5, 5.41) is 8.53. The number of hydrogen-bond donors (Lipinski definition) is 0. The molecule has 9 heavy (non-hydrogen) atoms. The van der Waals surface area contributed by atoms with E-state index in [-0.39, 0.29) is 10.5 Å². The first-order valence-electron chi connectivity index (χ1n) is 2.70. The molecule has 1 rings (SSSR count). The summed E-state index contributed by atoms with van der Waals surface area (Å²) in [5.41, 5.74) is 0. The maximum absolute atomic E-state index is 10.5. The van der Waals surface area contributed by atoms with Crippen molar-refractivity contribution in [1.29, 1.82) is 5.26 Å². The fourth-order valence-corrected chi connectivity index (χ4v) is 1.56. The van der Waals surface area contributed by atoms with Crippen LogP contribution in [-0.2, 0) is 4.79 Å². The topological polar surface area (TPSA) is 40.9 Å². The second kappa shape index (κ2) is 2.03. The van der Waals surface area contributed by atoms with Gasteiger partial charge in [0.25, 0.3) is 0 Å². The Bertz CT molecular complexity index is 174. The molecule has 48 valence electrons. The molecule has 0 spiro atoms. The van der Waals surface area contributed by atoms with Crippen LogP contribution in [0.1, 0.15) is 12.8 Å². The summed E-state index contributed by atoms with van der Waals surface area (Å²) in [6.45, 7) is 0. The molecule has 0 unspecified atom stereocenters. The summed E-state index contributed by atoms with van der Waals surface area (Å²) in [5.74, 6) is 0.214. The van der Waals surface area contributed by atoms with Crippen LogP contribution in [0.15, 0.2) is 0 Å². The van der Waals surface area contributed by atoms with E-state index in [1.807, 2.05) is 6.26 Å². The van der Waals surface area contributed by atoms with Crippen molar-refractivity contribution in [3.63, 3.8) is 0 Å². The second-order valence-electron chi connectivity index (χ2n) is 2.20. The van der Waals surface area contributed by atoms with Crippen LogP contribution in [0.4, 0.5) is 0 Å². The highest BCUT2D eigenvalue weighted by Gasteiger charge is 2.43. The molecule has 0 aromatic rings. The van der Waals surface area contributed by atoms with E-state index >= 15 is 0 Å². The molecular formula is C6H7NOS. The number of nitriles is 1. The third-order valence-corrected chi connectivity index (χ3v) is 2.72. The summed E-state index contributed by atoms with van der Waals surface area (Å²) in [7, 11) is 0. The molecule has 1 aliphatic carbocycles. The van der Waals surface area contributed by atoms with Crippen molar-refractivity contribution in [3.8, 4) is 6.07 Å². The van der Waals surface area contributed by atoms with Gasteiger partial charge in [0, 0.05) is 12.8 Å². The van der Waals surface area contributed by atoms with Gasteiger partial charge in [0.15, 0.2) is 0 Å².